The van der Waals surface area contributed by atoms with Crippen molar-refractivity contribution < 1.29 is 15.0 Å². The molecule has 0 saturated heterocycles. The highest BCUT2D eigenvalue weighted by atomic mass is 35.5. The number of aliphatic carboxylic acids is 1. The Kier molecular flexibility index (Phi) is 12.5. The van der Waals surface area contributed by atoms with Crippen LogP contribution in [-0.2, 0) is 16.8 Å². The van der Waals surface area contributed by atoms with E-state index in [2.05, 4.69) is 56.3 Å². The van der Waals surface area contributed by atoms with Crippen molar-refractivity contribution in [3.8, 4) is 0 Å². The molecule has 4 aromatic rings. The van der Waals surface area contributed by atoms with Gasteiger partial charge >= 0.3 is 5.97 Å². The molecule has 0 unspecified atom stereocenters. The Balaban J connectivity index is 0.000000892. The van der Waals surface area contributed by atoms with Gasteiger partial charge in [0, 0.05) is 21.4 Å². The van der Waals surface area contributed by atoms with Crippen LogP contribution in [0, 0.1) is 11.3 Å². The standard InChI is InChI=1S/C35H36ClNO3S.C4H11N/c1-34(2,40)30-9-4-3-7-25(30)13-17-32(41-23-35(18-19-35)22-33(38)39)27-8-5-6-24(20-27)10-15-29-16-12-26-11-14-28(36)21-31(26)37-29;1-4(2)3-5/h3-12,14-16,20-21,32,40H,13,17-19,22-23H2,1-2H3,(H,38,39);4H,3,5H2,1-2H3/b15-10+;/t32-;/m1./s1. The fourth-order valence-electron chi connectivity index (χ4n) is 5.36. The molecule has 1 aliphatic rings. The van der Waals surface area contributed by atoms with Crippen molar-refractivity contribution in [3.63, 3.8) is 0 Å². The number of nitrogens with two attached hydrogens (primary N) is 1. The average Bonchev–Trinajstić information content (AvgIpc) is 3.78. The van der Waals surface area contributed by atoms with Crippen molar-refractivity contribution in [2.45, 2.75) is 70.7 Å². The summed E-state index contributed by atoms with van der Waals surface area (Å²) in [5.41, 5.74) is 10.3. The summed E-state index contributed by atoms with van der Waals surface area (Å²) in [5, 5.41) is 22.1. The van der Waals surface area contributed by atoms with Crippen LogP contribution in [0.25, 0.3) is 23.1 Å². The molecule has 1 aromatic heterocycles. The molecular formula is C39H47ClN2O3S. The third kappa shape index (κ3) is 10.7. The lowest BCUT2D eigenvalue weighted by Crippen LogP contribution is -2.18. The van der Waals surface area contributed by atoms with Crippen molar-refractivity contribution >= 4 is 52.4 Å². The fourth-order valence-corrected chi connectivity index (χ4v) is 7.09. The van der Waals surface area contributed by atoms with Gasteiger partial charge in [-0.3, -0.25) is 4.79 Å². The van der Waals surface area contributed by atoms with Crippen LogP contribution in [0.2, 0.25) is 5.02 Å². The predicted octanol–water partition coefficient (Wildman–Crippen LogP) is 9.55. The molecule has 4 N–H and O–H groups in total. The van der Waals surface area contributed by atoms with Crippen molar-refractivity contribution in [1.82, 2.24) is 4.98 Å². The summed E-state index contributed by atoms with van der Waals surface area (Å²) in [5.74, 6) is 0.784. The highest BCUT2D eigenvalue weighted by Gasteiger charge is 2.44. The minimum atomic E-state index is -0.911. The zero-order valence-electron chi connectivity index (χ0n) is 27.4. The van der Waals surface area contributed by atoms with Crippen LogP contribution in [-0.4, -0.2) is 33.5 Å². The Labute approximate surface area is 283 Å². The van der Waals surface area contributed by atoms with Gasteiger partial charge in [-0.05, 0) is 104 Å². The molecule has 0 spiro atoms. The molecule has 0 aliphatic heterocycles. The van der Waals surface area contributed by atoms with E-state index in [9.17, 15) is 15.0 Å². The van der Waals surface area contributed by atoms with E-state index in [0.29, 0.717) is 10.9 Å². The normalized spacial score (nSPS) is 14.7. The van der Waals surface area contributed by atoms with Crippen molar-refractivity contribution in [3.05, 3.63) is 112 Å². The van der Waals surface area contributed by atoms with Crippen LogP contribution in [0.1, 0.15) is 86.6 Å². The number of carboxylic acids is 1. The van der Waals surface area contributed by atoms with E-state index in [1.54, 1.807) is 0 Å². The highest BCUT2D eigenvalue weighted by Crippen LogP contribution is 2.53. The number of fused-ring (bicyclic) bond motifs is 1. The molecule has 46 heavy (non-hydrogen) atoms. The summed E-state index contributed by atoms with van der Waals surface area (Å²) in [6.45, 7) is 8.66. The van der Waals surface area contributed by atoms with Gasteiger partial charge in [-0.2, -0.15) is 11.8 Å². The fraction of sp³-hybridized carbons (Fsp3) is 0.385. The zero-order valence-corrected chi connectivity index (χ0v) is 29.0. The van der Waals surface area contributed by atoms with Gasteiger partial charge in [-0.1, -0.05) is 92.2 Å². The predicted molar refractivity (Wildman–Crippen MR) is 195 cm³/mol. The summed E-state index contributed by atoms with van der Waals surface area (Å²) >= 11 is 8.04. The first kappa shape index (κ1) is 35.7. The van der Waals surface area contributed by atoms with Crippen molar-refractivity contribution in [2.75, 3.05) is 12.3 Å². The molecule has 0 radical (unpaired) electrons. The Hall–Kier alpha value is -3.16. The lowest BCUT2D eigenvalue weighted by Gasteiger charge is -2.24. The average molecular weight is 659 g/mol. The van der Waals surface area contributed by atoms with Crippen LogP contribution >= 0.6 is 23.4 Å². The third-order valence-corrected chi connectivity index (χ3v) is 10.2. The second kappa shape index (κ2) is 16.1. The molecule has 7 heteroatoms. The van der Waals surface area contributed by atoms with E-state index < -0.39 is 11.6 Å². The van der Waals surface area contributed by atoms with Crippen LogP contribution in [0.15, 0.2) is 78.9 Å². The number of nitrogens with zero attached hydrogens (tertiary/aromatic N) is 1. The number of rotatable bonds is 13. The summed E-state index contributed by atoms with van der Waals surface area (Å²) in [7, 11) is 0. The summed E-state index contributed by atoms with van der Waals surface area (Å²) in [4.78, 5) is 16.2. The molecule has 244 valence electrons. The number of carbonyl (C=O) groups is 1. The number of carboxylic acid groups (broad SMARTS) is 1. The van der Waals surface area contributed by atoms with Gasteiger partial charge in [0.15, 0.2) is 0 Å². The number of halogens is 1. The number of pyridine rings is 1. The Bertz CT molecular complexity index is 1640. The monoisotopic (exact) mass is 658 g/mol. The van der Waals surface area contributed by atoms with E-state index in [-0.39, 0.29) is 17.1 Å². The van der Waals surface area contributed by atoms with Crippen molar-refractivity contribution in [1.29, 1.82) is 0 Å². The molecule has 5 rings (SSSR count). The molecule has 1 fully saturated rings. The smallest absolute Gasteiger partial charge is 0.303 e. The molecule has 5 nitrogen and oxygen atoms in total. The minimum Gasteiger partial charge on any atom is -0.481 e. The zero-order chi connectivity index (χ0) is 33.3. The minimum absolute atomic E-state index is 0.0814. The first-order chi connectivity index (χ1) is 21.9. The third-order valence-electron chi connectivity index (χ3n) is 8.30. The molecule has 1 atom stereocenters. The number of aliphatic hydroxyl groups is 1. The van der Waals surface area contributed by atoms with Crippen molar-refractivity contribution in [2.24, 2.45) is 17.1 Å². The molecule has 0 amide bonds. The highest BCUT2D eigenvalue weighted by molar-refractivity contribution is 7.99. The Morgan fingerprint density at radius 3 is 2.43 bits per heavy atom. The van der Waals surface area contributed by atoms with E-state index >= 15 is 0 Å². The first-order valence-corrected chi connectivity index (χ1v) is 17.5. The summed E-state index contributed by atoms with van der Waals surface area (Å²) < 4.78 is 0. The molecule has 3 aromatic carbocycles. The maximum atomic E-state index is 11.5. The van der Waals surface area contributed by atoms with Gasteiger partial charge in [0.05, 0.1) is 23.2 Å². The number of hydrogen-bond acceptors (Lipinski definition) is 5. The Morgan fingerprint density at radius 1 is 1.04 bits per heavy atom. The lowest BCUT2D eigenvalue weighted by atomic mass is 9.90. The molecule has 1 aliphatic carbocycles. The second-order valence-corrected chi connectivity index (χ2v) is 15.0. The topological polar surface area (TPSA) is 96.4 Å². The summed E-state index contributed by atoms with van der Waals surface area (Å²) in [6.07, 6.45) is 8.02. The maximum absolute atomic E-state index is 11.5. The quantitative estimate of drug-likeness (QED) is 0.132. The number of aryl methyl sites for hydroxylation is 1. The van der Waals surface area contributed by atoms with Crippen LogP contribution in [0.5, 0.6) is 0 Å². The lowest BCUT2D eigenvalue weighted by molar-refractivity contribution is -0.138. The van der Waals surface area contributed by atoms with Crippen LogP contribution in [0.3, 0.4) is 0 Å². The van der Waals surface area contributed by atoms with Gasteiger partial charge in [0.2, 0.25) is 0 Å². The van der Waals surface area contributed by atoms with Crippen LogP contribution in [0.4, 0.5) is 0 Å². The largest absolute Gasteiger partial charge is 0.481 e. The number of hydrogen-bond donors (Lipinski definition) is 3. The number of benzene rings is 3. The van der Waals surface area contributed by atoms with Gasteiger partial charge in [-0.15, -0.1) is 0 Å². The number of thioether (sulfide) groups is 1. The van der Waals surface area contributed by atoms with E-state index in [1.165, 1.54) is 5.56 Å². The second-order valence-electron chi connectivity index (χ2n) is 13.3. The molecule has 0 bridgehead atoms. The molecular weight excluding hydrogens is 612 g/mol. The van der Waals surface area contributed by atoms with Gasteiger partial charge in [-0.25, -0.2) is 4.98 Å². The first-order valence-electron chi connectivity index (χ1n) is 16.1. The number of aromatic nitrogens is 1. The van der Waals surface area contributed by atoms with Gasteiger partial charge < -0.3 is 15.9 Å². The van der Waals surface area contributed by atoms with Gasteiger partial charge in [0.25, 0.3) is 0 Å². The molecule has 1 heterocycles. The SMILES string of the molecule is CC(C)(O)c1ccccc1CC[C@@H](SCC1(CC(=O)O)CC1)c1cccc(/C=C/c2ccc3ccc(Cl)cc3n2)c1.CC(C)CN. The van der Waals surface area contributed by atoms with E-state index in [1.807, 2.05) is 74.1 Å². The maximum Gasteiger partial charge on any atom is 0.303 e. The van der Waals surface area contributed by atoms with E-state index in [0.717, 1.165) is 71.3 Å². The Morgan fingerprint density at radius 2 is 1.76 bits per heavy atom. The van der Waals surface area contributed by atoms with E-state index in [4.69, 9.17) is 22.3 Å². The summed E-state index contributed by atoms with van der Waals surface area (Å²) in [6, 6.07) is 26.5. The van der Waals surface area contributed by atoms with Crippen LogP contribution < -0.4 is 5.73 Å². The molecule has 1 saturated carbocycles. The van der Waals surface area contributed by atoms with Gasteiger partial charge in [0.1, 0.15) is 0 Å².